The summed E-state index contributed by atoms with van der Waals surface area (Å²) >= 11 is 2.38. The van der Waals surface area contributed by atoms with E-state index in [0.29, 0.717) is 0 Å². The molecule has 126 valence electrons. The van der Waals surface area contributed by atoms with Crippen molar-refractivity contribution in [3.63, 3.8) is 0 Å². The molecule has 0 aliphatic heterocycles. The van der Waals surface area contributed by atoms with Crippen LogP contribution in [0.5, 0.6) is 0 Å². The summed E-state index contributed by atoms with van der Waals surface area (Å²) in [5.41, 5.74) is 1.53. The zero-order valence-corrected chi connectivity index (χ0v) is 16.1. The predicted molar refractivity (Wildman–Crippen MR) is 101 cm³/mol. The number of hydrogen-bond acceptors (Lipinski definition) is 2. The summed E-state index contributed by atoms with van der Waals surface area (Å²) in [5.74, 6) is 2.40. The van der Waals surface area contributed by atoms with E-state index in [9.17, 15) is 4.79 Å². The first-order valence-corrected chi connectivity index (χ1v) is 10.1. The number of hydrogen-bond donors (Lipinski definition) is 0. The van der Waals surface area contributed by atoms with E-state index in [-0.39, 0.29) is 12.1 Å². The maximum absolute atomic E-state index is 11.1. The Kier molecular flexibility index (Phi) is 6.00. The third-order valence-electron chi connectivity index (χ3n) is 5.83. The Balaban J connectivity index is 1.46. The summed E-state index contributed by atoms with van der Waals surface area (Å²) < 4.78 is 6.70. The molecule has 3 rings (SSSR count). The molecule has 3 heteroatoms. The van der Waals surface area contributed by atoms with Gasteiger partial charge in [-0.3, -0.25) is 4.79 Å². The predicted octanol–water partition coefficient (Wildman–Crippen LogP) is 5.69. The van der Waals surface area contributed by atoms with Gasteiger partial charge in [-0.25, -0.2) is 0 Å². The van der Waals surface area contributed by atoms with Crippen LogP contribution in [-0.4, -0.2) is 12.1 Å². The third kappa shape index (κ3) is 4.71. The number of ether oxygens (including phenoxy) is 1. The van der Waals surface area contributed by atoms with Gasteiger partial charge in [-0.1, -0.05) is 12.1 Å². The summed E-state index contributed by atoms with van der Waals surface area (Å²) in [5, 5.41) is 0. The Hall–Kier alpha value is -0.580. The van der Waals surface area contributed by atoms with Crippen LogP contribution >= 0.6 is 22.6 Å². The van der Waals surface area contributed by atoms with Crippen molar-refractivity contribution >= 4 is 28.6 Å². The lowest BCUT2D eigenvalue weighted by atomic mass is 9.69. The van der Waals surface area contributed by atoms with Gasteiger partial charge in [0, 0.05) is 10.5 Å². The first-order valence-electron chi connectivity index (χ1n) is 9.04. The maximum atomic E-state index is 11.1. The standard InChI is InChI=1S/C20H27IO2/c1-14(22)23-20-12-8-18(9-13-20)16-4-2-15(3-5-16)17-6-10-19(21)11-7-17/h6-7,10-11,15-16,18,20H,2-5,8-9,12-13H2,1H3/t15?,16?,18-,20-. The normalized spacial score (nSPS) is 31.6. The molecule has 0 atom stereocenters. The Morgan fingerprint density at radius 3 is 1.96 bits per heavy atom. The van der Waals surface area contributed by atoms with E-state index in [2.05, 4.69) is 46.9 Å². The molecule has 0 heterocycles. The second-order valence-corrected chi connectivity index (χ2v) is 8.56. The molecule has 2 aliphatic rings. The average molecular weight is 426 g/mol. The quantitative estimate of drug-likeness (QED) is 0.459. The van der Waals surface area contributed by atoms with Crippen molar-refractivity contribution in [3.05, 3.63) is 33.4 Å². The monoisotopic (exact) mass is 426 g/mol. The van der Waals surface area contributed by atoms with Gasteiger partial charge in [0.05, 0.1) is 0 Å². The molecule has 0 bridgehead atoms. The number of halogens is 1. The molecular formula is C20H27IO2. The number of benzene rings is 1. The van der Waals surface area contributed by atoms with Gasteiger partial charge in [0.2, 0.25) is 0 Å². The van der Waals surface area contributed by atoms with Crippen LogP contribution in [-0.2, 0) is 9.53 Å². The van der Waals surface area contributed by atoms with E-state index >= 15 is 0 Å². The number of rotatable bonds is 3. The fraction of sp³-hybridized carbons (Fsp3) is 0.650. The number of carbonyl (C=O) groups excluding carboxylic acids is 1. The molecule has 23 heavy (non-hydrogen) atoms. The minimum atomic E-state index is -0.119. The second kappa shape index (κ2) is 8.00. The highest BCUT2D eigenvalue weighted by Crippen LogP contribution is 2.43. The molecule has 0 aromatic heterocycles. The van der Waals surface area contributed by atoms with Crippen molar-refractivity contribution in [2.45, 2.75) is 70.3 Å². The van der Waals surface area contributed by atoms with Crippen LogP contribution in [0.1, 0.15) is 69.8 Å². The topological polar surface area (TPSA) is 26.3 Å². The molecule has 2 saturated carbocycles. The molecule has 2 fully saturated rings. The minimum absolute atomic E-state index is 0.119. The highest BCUT2D eigenvalue weighted by molar-refractivity contribution is 14.1. The summed E-state index contributed by atoms with van der Waals surface area (Å²) in [4.78, 5) is 11.1. The van der Waals surface area contributed by atoms with Gasteiger partial charge in [0.1, 0.15) is 6.10 Å². The molecule has 1 aromatic carbocycles. The van der Waals surface area contributed by atoms with Gasteiger partial charge in [0.15, 0.2) is 0 Å². The van der Waals surface area contributed by atoms with Crippen LogP contribution in [0, 0.1) is 15.4 Å². The van der Waals surface area contributed by atoms with Gasteiger partial charge in [0.25, 0.3) is 0 Å². The molecule has 1 aromatic rings. The van der Waals surface area contributed by atoms with E-state index in [4.69, 9.17) is 4.74 Å². The van der Waals surface area contributed by atoms with Crippen molar-refractivity contribution in [3.8, 4) is 0 Å². The van der Waals surface area contributed by atoms with Crippen LogP contribution < -0.4 is 0 Å². The highest BCUT2D eigenvalue weighted by Gasteiger charge is 2.31. The van der Waals surface area contributed by atoms with Crippen LogP contribution in [0.15, 0.2) is 24.3 Å². The molecule has 2 aliphatic carbocycles. The SMILES string of the molecule is CC(=O)O[C@H]1CC[C@H](C2CCC(c3ccc(I)cc3)CC2)CC1. The van der Waals surface area contributed by atoms with Crippen molar-refractivity contribution in [2.24, 2.45) is 11.8 Å². The largest absolute Gasteiger partial charge is 0.463 e. The highest BCUT2D eigenvalue weighted by atomic mass is 127. The zero-order chi connectivity index (χ0) is 16.2. The van der Waals surface area contributed by atoms with E-state index in [0.717, 1.165) is 30.6 Å². The summed E-state index contributed by atoms with van der Waals surface area (Å²) in [7, 11) is 0. The Morgan fingerprint density at radius 2 is 1.43 bits per heavy atom. The third-order valence-corrected chi connectivity index (χ3v) is 6.55. The average Bonchev–Trinajstić information content (AvgIpc) is 2.56. The fourth-order valence-electron chi connectivity index (χ4n) is 4.57. The fourth-order valence-corrected chi connectivity index (χ4v) is 4.93. The smallest absolute Gasteiger partial charge is 0.302 e. The van der Waals surface area contributed by atoms with E-state index in [1.54, 1.807) is 0 Å². The van der Waals surface area contributed by atoms with Crippen LogP contribution in [0.4, 0.5) is 0 Å². The molecule has 0 radical (unpaired) electrons. The van der Waals surface area contributed by atoms with Crippen molar-refractivity contribution in [2.75, 3.05) is 0 Å². The Bertz CT molecular complexity index is 509. The molecule has 0 saturated heterocycles. The van der Waals surface area contributed by atoms with Gasteiger partial charge < -0.3 is 4.74 Å². The molecule has 0 unspecified atom stereocenters. The lowest BCUT2D eigenvalue weighted by Gasteiger charge is -2.37. The van der Waals surface area contributed by atoms with Gasteiger partial charge in [-0.15, -0.1) is 0 Å². The van der Waals surface area contributed by atoms with Gasteiger partial charge in [-0.05, 0) is 109 Å². The molecule has 0 spiro atoms. The molecule has 2 nitrogen and oxygen atoms in total. The molecule has 0 N–H and O–H groups in total. The van der Waals surface area contributed by atoms with Crippen LogP contribution in [0.25, 0.3) is 0 Å². The second-order valence-electron chi connectivity index (χ2n) is 7.31. The van der Waals surface area contributed by atoms with Crippen LogP contribution in [0.3, 0.4) is 0 Å². The van der Waals surface area contributed by atoms with Gasteiger partial charge in [-0.2, -0.15) is 0 Å². The Labute approximate surface area is 153 Å². The maximum Gasteiger partial charge on any atom is 0.302 e. The Morgan fingerprint density at radius 1 is 0.913 bits per heavy atom. The van der Waals surface area contributed by atoms with Gasteiger partial charge >= 0.3 is 5.97 Å². The molecular weight excluding hydrogens is 399 g/mol. The van der Waals surface area contributed by atoms with E-state index in [1.807, 2.05) is 0 Å². The van der Waals surface area contributed by atoms with Crippen LogP contribution in [0.2, 0.25) is 0 Å². The van der Waals surface area contributed by atoms with E-state index < -0.39 is 0 Å². The summed E-state index contributed by atoms with van der Waals surface area (Å²) in [6.07, 6.45) is 10.3. The first kappa shape index (κ1) is 17.2. The molecule has 0 amide bonds. The van der Waals surface area contributed by atoms with Crippen molar-refractivity contribution < 1.29 is 9.53 Å². The number of carbonyl (C=O) groups is 1. The van der Waals surface area contributed by atoms with Crippen molar-refractivity contribution in [1.82, 2.24) is 0 Å². The van der Waals surface area contributed by atoms with E-state index in [1.165, 1.54) is 54.6 Å². The summed E-state index contributed by atoms with van der Waals surface area (Å²) in [6.45, 7) is 1.53. The summed E-state index contributed by atoms with van der Waals surface area (Å²) in [6, 6.07) is 9.10. The lowest BCUT2D eigenvalue weighted by molar-refractivity contribution is -0.148. The van der Waals surface area contributed by atoms with Crippen molar-refractivity contribution in [1.29, 1.82) is 0 Å². The minimum Gasteiger partial charge on any atom is -0.463 e. The lowest BCUT2D eigenvalue weighted by Crippen LogP contribution is -2.29. The zero-order valence-electron chi connectivity index (χ0n) is 14.0. The number of esters is 1. The first-order chi connectivity index (χ1) is 11.1.